The van der Waals surface area contributed by atoms with Crippen LogP contribution in [0.15, 0.2) is 46.0 Å². The van der Waals surface area contributed by atoms with E-state index in [4.69, 9.17) is 21.1 Å². The number of ether oxygens (including phenoxy) is 2. The van der Waals surface area contributed by atoms with Gasteiger partial charge < -0.3 is 14.8 Å². The van der Waals surface area contributed by atoms with Gasteiger partial charge in [0.1, 0.15) is 18.0 Å². The molecular weight excluding hydrogens is 462 g/mol. The van der Waals surface area contributed by atoms with Gasteiger partial charge in [-0.3, -0.25) is 23.5 Å². The Morgan fingerprint density at radius 3 is 2.41 bits per heavy atom. The van der Waals surface area contributed by atoms with Crippen LogP contribution < -0.4 is 26.0 Å². The Bertz CT molecular complexity index is 1390. The van der Waals surface area contributed by atoms with Crippen molar-refractivity contribution in [1.82, 2.24) is 9.13 Å². The van der Waals surface area contributed by atoms with E-state index in [2.05, 4.69) is 5.32 Å². The molecule has 1 aromatic heterocycles. The highest BCUT2D eigenvalue weighted by Gasteiger charge is 2.25. The number of anilines is 1. The van der Waals surface area contributed by atoms with E-state index in [1.54, 1.807) is 24.3 Å². The Kier molecular flexibility index (Phi) is 6.74. The summed E-state index contributed by atoms with van der Waals surface area (Å²) in [5, 5.41) is 3.20. The lowest BCUT2D eigenvalue weighted by molar-refractivity contribution is -0.120. The van der Waals surface area contributed by atoms with Gasteiger partial charge in [0.15, 0.2) is 5.78 Å². The van der Waals surface area contributed by atoms with Crippen LogP contribution in [0, 0.1) is 5.92 Å². The number of ketones is 1. The first-order valence-corrected chi connectivity index (χ1v) is 11.2. The molecule has 0 radical (unpaired) electrons. The molecule has 1 saturated carbocycles. The third kappa shape index (κ3) is 4.84. The molecule has 1 heterocycles. The minimum Gasteiger partial charge on any atom is -0.495 e. The SMILES string of the molecule is COc1cc(OC)c(NC(=O)Cn2c(=O)n(CC(=O)CC3CC3)c(=O)c3ccccc32)cc1Cl. The number of halogens is 1. The molecule has 4 rings (SSSR count). The summed E-state index contributed by atoms with van der Waals surface area (Å²) in [6.45, 7) is -0.703. The number of amides is 1. The quantitative estimate of drug-likeness (QED) is 0.499. The average molecular weight is 486 g/mol. The molecule has 0 spiro atoms. The van der Waals surface area contributed by atoms with Crippen LogP contribution >= 0.6 is 11.6 Å². The van der Waals surface area contributed by atoms with E-state index >= 15 is 0 Å². The van der Waals surface area contributed by atoms with E-state index in [0.717, 1.165) is 17.4 Å². The lowest BCUT2D eigenvalue weighted by Crippen LogP contribution is -2.43. The second-order valence-electron chi connectivity index (χ2n) is 8.20. The maximum absolute atomic E-state index is 13.2. The van der Waals surface area contributed by atoms with E-state index < -0.39 is 17.2 Å². The van der Waals surface area contributed by atoms with Crippen LogP contribution in [-0.4, -0.2) is 35.0 Å². The molecule has 0 saturated heterocycles. The molecule has 0 atom stereocenters. The lowest BCUT2D eigenvalue weighted by atomic mass is 10.2. The Morgan fingerprint density at radius 2 is 1.74 bits per heavy atom. The van der Waals surface area contributed by atoms with Crippen molar-refractivity contribution < 1.29 is 19.1 Å². The van der Waals surface area contributed by atoms with Gasteiger partial charge in [0, 0.05) is 12.5 Å². The molecule has 2 aromatic carbocycles. The van der Waals surface area contributed by atoms with Crippen molar-refractivity contribution in [1.29, 1.82) is 0 Å². The summed E-state index contributed by atoms with van der Waals surface area (Å²) >= 11 is 6.18. The minimum atomic E-state index is -0.720. The number of rotatable bonds is 9. The molecule has 1 aliphatic rings. The van der Waals surface area contributed by atoms with Gasteiger partial charge in [-0.2, -0.15) is 0 Å². The molecule has 0 bridgehead atoms. The van der Waals surface area contributed by atoms with Crippen molar-refractivity contribution in [3.8, 4) is 11.5 Å². The van der Waals surface area contributed by atoms with Crippen LogP contribution in [0.2, 0.25) is 5.02 Å². The fraction of sp³-hybridized carbons (Fsp3) is 0.333. The number of Topliss-reactive ketones (excluding diaryl/α,β-unsaturated/α-hetero) is 1. The standard InChI is InChI=1S/C24H24ClN3O6/c1-33-20-11-21(34-2)18(10-17(20)25)26-22(30)13-27-19-6-4-3-5-16(19)23(31)28(24(27)32)12-15(29)9-14-7-8-14/h3-6,10-11,14H,7-9,12-13H2,1-2H3,(H,26,30). The maximum atomic E-state index is 13.2. The fourth-order valence-electron chi connectivity index (χ4n) is 3.84. The smallest absolute Gasteiger partial charge is 0.332 e. The highest BCUT2D eigenvalue weighted by atomic mass is 35.5. The number of methoxy groups -OCH3 is 2. The first-order chi connectivity index (χ1) is 16.3. The molecule has 3 aromatic rings. The third-order valence-corrected chi connectivity index (χ3v) is 6.03. The van der Waals surface area contributed by atoms with Crippen LogP contribution in [-0.2, 0) is 22.7 Å². The molecule has 0 aliphatic heterocycles. The van der Waals surface area contributed by atoms with Gasteiger partial charge in [-0.1, -0.05) is 23.7 Å². The van der Waals surface area contributed by atoms with Crippen LogP contribution in [0.1, 0.15) is 19.3 Å². The molecule has 10 heteroatoms. The molecule has 178 valence electrons. The zero-order valence-corrected chi connectivity index (χ0v) is 19.6. The number of para-hydroxylation sites is 1. The first kappa shape index (κ1) is 23.6. The van der Waals surface area contributed by atoms with Gasteiger partial charge >= 0.3 is 5.69 Å². The molecule has 34 heavy (non-hydrogen) atoms. The molecule has 1 aliphatic carbocycles. The summed E-state index contributed by atoms with van der Waals surface area (Å²) < 4.78 is 12.6. The predicted molar refractivity (Wildman–Crippen MR) is 128 cm³/mol. The predicted octanol–water partition coefficient (Wildman–Crippen LogP) is 2.84. The number of carbonyl (C=O) groups excluding carboxylic acids is 2. The molecule has 9 nitrogen and oxygen atoms in total. The Hall–Kier alpha value is -3.59. The molecule has 1 N–H and O–H groups in total. The van der Waals surface area contributed by atoms with Gasteiger partial charge in [-0.15, -0.1) is 0 Å². The molecule has 0 unspecified atom stereocenters. The minimum absolute atomic E-state index is 0.175. The largest absolute Gasteiger partial charge is 0.495 e. The van der Waals surface area contributed by atoms with Crippen molar-refractivity contribution in [2.24, 2.45) is 5.92 Å². The summed E-state index contributed by atoms with van der Waals surface area (Å²) in [5.74, 6) is 0.318. The number of carbonyl (C=O) groups is 2. The monoisotopic (exact) mass is 485 g/mol. The Morgan fingerprint density at radius 1 is 1.03 bits per heavy atom. The van der Waals surface area contributed by atoms with Gasteiger partial charge in [-0.25, -0.2) is 4.79 Å². The topological polar surface area (TPSA) is 109 Å². The van der Waals surface area contributed by atoms with Gasteiger partial charge in [0.25, 0.3) is 5.56 Å². The maximum Gasteiger partial charge on any atom is 0.332 e. The molecular formula is C24H24ClN3O6. The van der Waals surface area contributed by atoms with Crippen molar-refractivity contribution in [3.05, 3.63) is 62.3 Å². The number of nitrogens with one attached hydrogen (secondary N) is 1. The zero-order chi connectivity index (χ0) is 24.4. The number of hydrogen-bond donors (Lipinski definition) is 1. The van der Waals surface area contributed by atoms with E-state index in [1.165, 1.54) is 30.9 Å². The molecule has 1 amide bonds. The zero-order valence-electron chi connectivity index (χ0n) is 18.8. The van der Waals surface area contributed by atoms with Gasteiger partial charge in [0.05, 0.1) is 42.4 Å². The van der Waals surface area contributed by atoms with E-state index in [0.29, 0.717) is 35.0 Å². The Balaban J connectivity index is 1.68. The van der Waals surface area contributed by atoms with Crippen molar-refractivity contribution >= 4 is 39.9 Å². The van der Waals surface area contributed by atoms with Crippen molar-refractivity contribution in [2.45, 2.75) is 32.4 Å². The van der Waals surface area contributed by atoms with Crippen LogP contribution in [0.25, 0.3) is 10.9 Å². The van der Waals surface area contributed by atoms with Gasteiger partial charge in [0.2, 0.25) is 5.91 Å². The molecule has 1 fully saturated rings. The van der Waals surface area contributed by atoms with Gasteiger partial charge in [-0.05, 0) is 37.0 Å². The number of benzene rings is 2. The lowest BCUT2D eigenvalue weighted by Gasteiger charge is -2.15. The summed E-state index contributed by atoms with van der Waals surface area (Å²) in [4.78, 5) is 51.5. The first-order valence-electron chi connectivity index (χ1n) is 10.8. The second-order valence-corrected chi connectivity index (χ2v) is 8.61. The normalized spacial score (nSPS) is 13.0. The van der Waals surface area contributed by atoms with Crippen molar-refractivity contribution in [3.63, 3.8) is 0 Å². The number of nitrogens with zero attached hydrogens (tertiary/aromatic N) is 2. The number of fused-ring (bicyclic) bond motifs is 1. The summed E-state index contributed by atoms with van der Waals surface area (Å²) in [5.41, 5.74) is -0.672. The number of aromatic nitrogens is 2. The third-order valence-electron chi connectivity index (χ3n) is 5.73. The summed E-state index contributed by atoms with van der Waals surface area (Å²) in [7, 11) is 2.89. The highest BCUT2D eigenvalue weighted by Crippen LogP contribution is 2.36. The summed E-state index contributed by atoms with van der Waals surface area (Å²) in [6, 6.07) is 9.51. The summed E-state index contributed by atoms with van der Waals surface area (Å²) in [6.07, 6.45) is 2.32. The van der Waals surface area contributed by atoms with Crippen LogP contribution in [0.3, 0.4) is 0 Å². The van der Waals surface area contributed by atoms with E-state index in [-0.39, 0.29) is 29.3 Å². The number of hydrogen-bond acceptors (Lipinski definition) is 6. The fourth-order valence-corrected chi connectivity index (χ4v) is 4.08. The Labute approximate surface area is 199 Å². The van der Waals surface area contributed by atoms with Crippen LogP contribution in [0.5, 0.6) is 11.5 Å². The van der Waals surface area contributed by atoms with E-state index in [9.17, 15) is 19.2 Å². The average Bonchev–Trinajstić information content (AvgIpc) is 3.63. The highest BCUT2D eigenvalue weighted by molar-refractivity contribution is 6.32. The van der Waals surface area contributed by atoms with Crippen molar-refractivity contribution in [2.75, 3.05) is 19.5 Å². The second kappa shape index (κ2) is 9.72. The van der Waals surface area contributed by atoms with Crippen LogP contribution in [0.4, 0.5) is 5.69 Å². The van der Waals surface area contributed by atoms with E-state index in [1.807, 2.05) is 0 Å².